The first-order chi connectivity index (χ1) is 11.1. The van der Waals surface area contributed by atoms with Crippen LogP contribution in [0.1, 0.15) is 50.7 Å². The van der Waals surface area contributed by atoms with Crippen LogP contribution < -0.4 is 0 Å². The fourth-order valence-electron chi connectivity index (χ4n) is 3.36. The lowest BCUT2D eigenvalue weighted by molar-refractivity contribution is 0.605. The van der Waals surface area contributed by atoms with Gasteiger partial charge >= 0.3 is 0 Å². The van der Waals surface area contributed by atoms with Crippen molar-refractivity contribution in [1.29, 1.82) is 0 Å². The zero-order chi connectivity index (χ0) is 16.2. The molecule has 0 nitrogen and oxygen atoms in total. The van der Waals surface area contributed by atoms with Crippen LogP contribution in [0.5, 0.6) is 0 Å². The zero-order valence-corrected chi connectivity index (χ0v) is 14.4. The molecule has 0 amide bonds. The van der Waals surface area contributed by atoms with Crippen molar-refractivity contribution in [2.45, 2.75) is 39.5 Å². The molecule has 0 heteroatoms. The molecule has 0 bridgehead atoms. The van der Waals surface area contributed by atoms with Gasteiger partial charge in [-0.2, -0.15) is 0 Å². The second kappa shape index (κ2) is 7.00. The van der Waals surface area contributed by atoms with E-state index in [9.17, 15) is 0 Å². The maximum absolute atomic E-state index is 2.42. The molecule has 2 atom stereocenters. The number of allylic oxidation sites excluding steroid dienone is 10. The summed E-state index contributed by atoms with van der Waals surface area (Å²) < 4.78 is 0. The van der Waals surface area contributed by atoms with Crippen LogP contribution in [0.4, 0.5) is 0 Å². The molecule has 0 heterocycles. The third-order valence-electron chi connectivity index (χ3n) is 4.73. The molecule has 0 aromatic heterocycles. The molecule has 23 heavy (non-hydrogen) atoms. The lowest BCUT2D eigenvalue weighted by Crippen LogP contribution is -2.01. The van der Waals surface area contributed by atoms with Gasteiger partial charge in [0.2, 0.25) is 0 Å². The highest BCUT2D eigenvalue weighted by atomic mass is 14.2. The van der Waals surface area contributed by atoms with E-state index in [-0.39, 0.29) is 0 Å². The fraction of sp³-hybridized carbons (Fsp3) is 0.304. The third kappa shape index (κ3) is 4.01. The number of rotatable bonds is 2. The highest BCUT2D eigenvalue weighted by Crippen LogP contribution is 2.32. The van der Waals surface area contributed by atoms with E-state index in [1.54, 1.807) is 0 Å². The van der Waals surface area contributed by atoms with Crippen molar-refractivity contribution in [3.63, 3.8) is 0 Å². The summed E-state index contributed by atoms with van der Waals surface area (Å²) in [4.78, 5) is 0. The van der Waals surface area contributed by atoms with Crippen LogP contribution in [-0.4, -0.2) is 0 Å². The van der Waals surface area contributed by atoms with E-state index in [0.717, 1.165) is 6.42 Å². The van der Waals surface area contributed by atoms with Crippen LogP contribution in [0.3, 0.4) is 0 Å². The normalized spacial score (nSPS) is 24.4. The molecule has 0 radical (unpaired) electrons. The van der Waals surface area contributed by atoms with E-state index in [1.165, 1.54) is 34.3 Å². The highest BCUT2D eigenvalue weighted by molar-refractivity contribution is 5.75. The second-order valence-corrected chi connectivity index (χ2v) is 6.89. The Bertz CT molecular complexity index is 722. The van der Waals surface area contributed by atoms with Crippen LogP contribution in [-0.2, 0) is 0 Å². The molecule has 0 aliphatic heterocycles. The van der Waals surface area contributed by atoms with Gasteiger partial charge in [0.05, 0.1) is 0 Å². The molecule has 0 spiro atoms. The number of benzene rings is 1. The quantitative estimate of drug-likeness (QED) is 0.577. The lowest BCUT2D eigenvalue weighted by atomic mass is 9.88. The first-order valence-electron chi connectivity index (χ1n) is 8.64. The maximum atomic E-state index is 2.42. The Labute approximate surface area is 140 Å². The molecule has 2 unspecified atom stereocenters. The first kappa shape index (κ1) is 15.8. The van der Waals surface area contributed by atoms with Crippen LogP contribution in [0.2, 0.25) is 0 Å². The van der Waals surface area contributed by atoms with Gasteiger partial charge in [-0.3, -0.25) is 0 Å². The molecule has 2 aliphatic rings. The van der Waals surface area contributed by atoms with Crippen molar-refractivity contribution in [3.8, 4) is 0 Å². The van der Waals surface area contributed by atoms with Gasteiger partial charge in [0.25, 0.3) is 0 Å². The number of hydrogen-bond acceptors (Lipinski definition) is 0. The lowest BCUT2D eigenvalue weighted by Gasteiger charge is -2.16. The van der Waals surface area contributed by atoms with Gasteiger partial charge in [-0.05, 0) is 49.3 Å². The Kier molecular flexibility index (Phi) is 4.81. The molecule has 118 valence electrons. The largest absolute Gasteiger partial charge is 0.0814 e. The van der Waals surface area contributed by atoms with Gasteiger partial charge in [0, 0.05) is 5.92 Å². The minimum absolute atomic E-state index is 0.509. The summed E-state index contributed by atoms with van der Waals surface area (Å²) in [7, 11) is 0. The summed E-state index contributed by atoms with van der Waals surface area (Å²) in [5, 5.41) is 0. The third-order valence-corrected chi connectivity index (χ3v) is 4.73. The van der Waals surface area contributed by atoms with E-state index in [4.69, 9.17) is 0 Å². The zero-order valence-electron chi connectivity index (χ0n) is 14.4. The van der Waals surface area contributed by atoms with Crippen LogP contribution in [0.15, 0.2) is 77.9 Å². The van der Waals surface area contributed by atoms with Gasteiger partial charge in [-0.25, -0.2) is 0 Å². The topological polar surface area (TPSA) is 0 Å². The molecule has 1 aromatic carbocycles. The molecule has 1 aromatic rings. The summed E-state index contributed by atoms with van der Waals surface area (Å²) in [6.07, 6.45) is 18.3. The summed E-state index contributed by atoms with van der Waals surface area (Å²) in [5.74, 6) is 1.14. The van der Waals surface area contributed by atoms with Crippen molar-refractivity contribution in [2.75, 3.05) is 0 Å². The van der Waals surface area contributed by atoms with E-state index < -0.39 is 0 Å². The molecule has 0 N–H and O–H groups in total. The van der Waals surface area contributed by atoms with E-state index >= 15 is 0 Å². The van der Waals surface area contributed by atoms with Crippen molar-refractivity contribution < 1.29 is 0 Å². The predicted octanol–water partition coefficient (Wildman–Crippen LogP) is 6.60. The van der Waals surface area contributed by atoms with Crippen molar-refractivity contribution >= 4 is 5.57 Å². The average Bonchev–Trinajstić information content (AvgIpc) is 2.86. The Morgan fingerprint density at radius 1 is 0.957 bits per heavy atom. The van der Waals surface area contributed by atoms with Gasteiger partial charge in [-0.1, -0.05) is 84.9 Å². The Balaban J connectivity index is 1.90. The SMILES string of the molecule is CC1=CCC=C(c2cccc(C3C=C(C)C=CC(C)C3)c2)C=C1. The standard InChI is InChI=1S/C23H26/c1-17-6-4-7-20(13-12-17)21-8-5-9-22(16-21)23-14-18(2)10-11-19(3)15-23/h5-14,16,19,23H,4,15H2,1-3H3. The summed E-state index contributed by atoms with van der Waals surface area (Å²) >= 11 is 0. The summed E-state index contributed by atoms with van der Waals surface area (Å²) in [6, 6.07) is 9.09. The van der Waals surface area contributed by atoms with Crippen molar-refractivity contribution in [1.82, 2.24) is 0 Å². The van der Waals surface area contributed by atoms with Crippen LogP contribution in [0.25, 0.3) is 5.57 Å². The second-order valence-electron chi connectivity index (χ2n) is 6.89. The number of hydrogen-bond donors (Lipinski definition) is 0. The molecule has 0 fully saturated rings. The molecular formula is C23H26. The van der Waals surface area contributed by atoms with E-state index in [1.807, 2.05) is 0 Å². The Morgan fingerprint density at radius 2 is 1.83 bits per heavy atom. The van der Waals surface area contributed by atoms with E-state index in [2.05, 4.69) is 87.6 Å². The minimum Gasteiger partial charge on any atom is -0.0814 e. The first-order valence-corrected chi connectivity index (χ1v) is 8.64. The highest BCUT2D eigenvalue weighted by Gasteiger charge is 2.15. The fourth-order valence-corrected chi connectivity index (χ4v) is 3.36. The van der Waals surface area contributed by atoms with E-state index in [0.29, 0.717) is 11.8 Å². The van der Waals surface area contributed by atoms with Gasteiger partial charge < -0.3 is 0 Å². The molecule has 0 saturated carbocycles. The van der Waals surface area contributed by atoms with Crippen molar-refractivity contribution in [2.24, 2.45) is 5.92 Å². The van der Waals surface area contributed by atoms with Gasteiger partial charge in [0.15, 0.2) is 0 Å². The van der Waals surface area contributed by atoms with Crippen LogP contribution >= 0.6 is 0 Å². The minimum atomic E-state index is 0.509. The summed E-state index contributed by atoms with van der Waals surface area (Å²) in [6.45, 7) is 6.68. The molecule has 3 rings (SSSR count). The smallest absolute Gasteiger partial charge is 0.00293 e. The monoisotopic (exact) mass is 302 g/mol. The average molecular weight is 302 g/mol. The predicted molar refractivity (Wildman–Crippen MR) is 101 cm³/mol. The summed E-state index contributed by atoms with van der Waals surface area (Å²) in [5.41, 5.74) is 6.81. The van der Waals surface area contributed by atoms with Crippen molar-refractivity contribution in [3.05, 3.63) is 89.1 Å². The Morgan fingerprint density at radius 3 is 2.70 bits per heavy atom. The van der Waals surface area contributed by atoms with Gasteiger partial charge in [-0.15, -0.1) is 0 Å². The molecule has 0 saturated heterocycles. The molecule has 2 aliphatic carbocycles. The van der Waals surface area contributed by atoms with Gasteiger partial charge in [0.1, 0.15) is 0 Å². The van der Waals surface area contributed by atoms with Crippen LogP contribution in [0, 0.1) is 5.92 Å². The molecular weight excluding hydrogens is 276 g/mol. The Hall–Kier alpha value is -2.08. The maximum Gasteiger partial charge on any atom is 0.00293 e.